The van der Waals surface area contributed by atoms with Crippen LogP contribution in [0.1, 0.15) is 16.7 Å². The van der Waals surface area contributed by atoms with Crippen molar-refractivity contribution < 1.29 is 10.2 Å². The molecule has 82 valence electrons. The third kappa shape index (κ3) is 2.41. The largest absolute Gasteiger partial charge is 0.508 e. The highest BCUT2D eigenvalue weighted by Crippen LogP contribution is 2.19. The standard InChI is InChI=1S/C14H14O2/c15-10-12-6-7-14(16)9-13(12)8-11-4-2-1-3-5-11/h1-7,9,15-16H,8,10H2. The molecule has 0 saturated heterocycles. The number of aliphatic hydroxyl groups is 1. The van der Waals surface area contributed by atoms with Crippen molar-refractivity contribution in [3.05, 3.63) is 65.2 Å². The van der Waals surface area contributed by atoms with Gasteiger partial charge in [-0.3, -0.25) is 0 Å². The zero-order chi connectivity index (χ0) is 11.4. The lowest BCUT2D eigenvalue weighted by molar-refractivity contribution is 0.280. The zero-order valence-corrected chi connectivity index (χ0v) is 8.93. The van der Waals surface area contributed by atoms with Crippen LogP contribution in [0.4, 0.5) is 0 Å². The van der Waals surface area contributed by atoms with Crippen LogP contribution in [0.3, 0.4) is 0 Å². The van der Waals surface area contributed by atoms with Crippen LogP contribution in [0.25, 0.3) is 0 Å². The highest BCUT2D eigenvalue weighted by molar-refractivity contribution is 5.37. The van der Waals surface area contributed by atoms with E-state index < -0.39 is 0 Å². The second kappa shape index (κ2) is 4.81. The van der Waals surface area contributed by atoms with Crippen molar-refractivity contribution in [3.63, 3.8) is 0 Å². The van der Waals surface area contributed by atoms with E-state index in [1.54, 1.807) is 18.2 Å². The summed E-state index contributed by atoms with van der Waals surface area (Å²) in [4.78, 5) is 0. The summed E-state index contributed by atoms with van der Waals surface area (Å²) in [6.45, 7) is 0.00243. The van der Waals surface area contributed by atoms with Gasteiger partial charge in [0.15, 0.2) is 0 Å². The maximum Gasteiger partial charge on any atom is 0.115 e. The Morgan fingerprint density at radius 2 is 1.62 bits per heavy atom. The lowest BCUT2D eigenvalue weighted by Crippen LogP contribution is -1.95. The number of benzene rings is 2. The number of rotatable bonds is 3. The summed E-state index contributed by atoms with van der Waals surface area (Å²) < 4.78 is 0. The van der Waals surface area contributed by atoms with Crippen LogP contribution >= 0.6 is 0 Å². The van der Waals surface area contributed by atoms with Crippen molar-refractivity contribution in [2.45, 2.75) is 13.0 Å². The van der Waals surface area contributed by atoms with Crippen LogP contribution in [0, 0.1) is 0 Å². The first-order valence-electron chi connectivity index (χ1n) is 5.25. The van der Waals surface area contributed by atoms with E-state index in [4.69, 9.17) is 0 Å². The number of hydrogen-bond donors (Lipinski definition) is 2. The van der Waals surface area contributed by atoms with Crippen molar-refractivity contribution in [3.8, 4) is 5.75 Å². The molecule has 16 heavy (non-hydrogen) atoms. The number of phenolic OH excluding ortho intramolecular Hbond substituents is 1. The predicted octanol–water partition coefficient (Wildman–Crippen LogP) is 2.48. The molecule has 0 heterocycles. The molecule has 0 bridgehead atoms. The van der Waals surface area contributed by atoms with Crippen molar-refractivity contribution in [2.24, 2.45) is 0 Å². The number of phenols is 1. The average molecular weight is 214 g/mol. The van der Waals surface area contributed by atoms with Gasteiger partial charge in [0.25, 0.3) is 0 Å². The van der Waals surface area contributed by atoms with E-state index in [0.717, 1.165) is 17.5 Å². The topological polar surface area (TPSA) is 40.5 Å². The molecule has 0 aliphatic rings. The van der Waals surface area contributed by atoms with Crippen LogP contribution in [0.2, 0.25) is 0 Å². The van der Waals surface area contributed by atoms with E-state index in [9.17, 15) is 10.2 Å². The molecular formula is C14H14O2. The van der Waals surface area contributed by atoms with E-state index in [2.05, 4.69) is 0 Å². The fraction of sp³-hybridized carbons (Fsp3) is 0.143. The Morgan fingerprint density at radius 3 is 2.31 bits per heavy atom. The van der Waals surface area contributed by atoms with E-state index in [-0.39, 0.29) is 12.4 Å². The molecule has 0 atom stereocenters. The van der Waals surface area contributed by atoms with E-state index in [1.807, 2.05) is 30.3 Å². The summed E-state index contributed by atoms with van der Waals surface area (Å²) in [5.41, 5.74) is 3.00. The van der Waals surface area contributed by atoms with Gasteiger partial charge in [-0.1, -0.05) is 36.4 Å². The van der Waals surface area contributed by atoms with Gasteiger partial charge in [-0.25, -0.2) is 0 Å². The molecule has 0 saturated carbocycles. The number of hydrogen-bond acceptors (Lipinski definition) is 2. The van der Waals surface area contributed by atoms with E-state index in [1.165, 1.54) is 5.56 Å². The SMILES string of the molecule is OCc1ccc(O)cc1Cc1ccccc1. The van der Waals surface area contributed by atoms with Crippen molar-refractivity contribution >= 4 is 0 Å². The number of aromatic hydroxyl groups is 1. The summed E-state index contributed by atoms with van der Waals surface area (Å²) in [5, 5.41) is 18.6. The minimum Gasteiger partial charge on any atom is -0.508 e. The summed E-state index contributed by atoms with van der Waals surface area (Å²) in [5.74, 6) is 0.239. The minimum atomic E-state index is 0.00243. The lowest BCUT2D eigenvalue weighted by atomic mass is 10.00. The summed E-state index contributed by atoms with van der Waals surface area (Å²) in [7, 11) is 0. The maximum absolute atomic E-state index is 9.43. The predicted molar refractivity (Wildman–Crippen MR) is 63.3 cm³/mol. The molecule has 0 radical (unpaired) electrons. The Morgan fingerprint density at radius 1 is 0.875 bits per heavy atom. The first-order valence-corrected chi connectivity index (χ1v) is 5.25. The Bertz CT molecular complexity index is 463. The molecular weight excluding hydrogens is 200 g/mol. The van der Waals surface area contributed by atoms with Gasteiger partial charge in [-0.05, 0) is 35.2 Å². The summed E-state index contributed by atoms with van der Waals surface area (Å²) >= 11 is 0. The van der Waals surface area contributed by atoms with Crippen LogP contribution < -0.4 is 0 Å². The average Bonchev–Trinajstić information content (AvgIpc) is 2.31. The Labute approximate surface area is 94.8 Å². The Hall–Kier alpha value is -1.80. The normalized spacial score (nSPS) is 10.3. The summed E-state index contributed by atoms with van der Waals surface area (Å²) in [6.07, 6.45) is 0.727. The van der Waals surface area contributed by atoms with Gasteiger partial charge in [0.1, 0.15) is 5.75 Å². The van der Waals surface area contributed by atoms with E-state index in [0.29, 0.717) is 0 Å². The molecule has 0 aliphatic heterocycles. The third-order valence-electron chi connectivity index (χ3n) is 2.60. The molecule has 2 aromatic carbocycles. The van der Waals surface area contributed by atoms with Crippen molar-refractivity contribution in [2.75, 3.05) is 0 Å². The van der Waals surface area contributed by atoms with Gasteiger partial charge in [-0.15, -0.1) is 0 Å². The van der Waals surface area contributed by atoms with Crippen LogP contribution in [0.15, 0.2) is 48.5 Å². The monoisotopic (exact) mass is 214 g/mol. The fourth-order valence-corrected chi connectivity index (χ4v) is 1.75. The molecule has 2 aromatic rings. The third-order valence-corrected chi connectivity index (χ3v) is 2.60. The molecule has 2 nitrogen and oxygen atoms in total. The lowest BCUT2D eigenvalue weighted by Gasteiger charge is -2.08. The van der Waals surface area contributed by atoms with Gasteiger partial charge in [0.2, 0.25) is 0 Å². The molecule has 0 fully saturated rings. The van der Waals surface area contributed by atoms with Crippen LogP contribution in [0.5, 0.6) is 5.75 Å². The van der Waals surface area contributed by atoms with Crippen LogP contribution in [-0.4, -0.2) is 10.2 Å². The van der Waals surface area contributed by atoms with Gasteiger partial charge < -0.3 is 10.2 Å². The summed E-state index contributed by atoms with van der Waals surface area (Å²) in [6, 6.07) is 15.1. The molecule has 2 rings (SSSR count). The van der Waals surface area contributed by atoms with E-state index >= 15 is 0 Å². The Balaban J connectivity index is 2.30. The Kier molecular flexibility index (Phi) is 3.22. The first kappa shape index (κ1) is 10.7. The molecule has 0 amide bonds. The highest BCUT2D eigenvalue weighted by Gasteiger charge is 2.03. The quantitative estimate of drug-likeness (QED) is 0.824. The van der Waals surface area contributed by atoms with Crippen LogP contribution in [-0.2, 0) is 13.0 Å². The van der Waals surface area contributed by atoms with Gasteiger partial charge >= 0.3 is 0 Å². The second-order valence-corrected chi connectivity index (χ2v) is 3.77. The van der Waals surface area contributed by atoms with Gasteiger partial charge in [-0.2, -0.15) is 0 Å². The molecule has 0 aliphatic carbocycles. The molecule has 0 spiro atoms. The molecule has 0 unspecified atom stereocenters. The molecule has 2 N–H and O–H groups in total. The second-order valence-electron chi connectivity index (χ2n) is 3.77. The number of aliphatic hydroxyl groups excluding tert-OH is 1. The zero-order valence-electron chi connectivity index (χ0n) is 8.93. The van der Waals surface area contributed by atoms with Crippen molar-refractivity contribution in [1.82, 2.24) is 0 Å². The molecule has 2 heteroatoms. The smallest absolute Gasteiger partial charge is 0.115 e. The highest BCUT2D eigenvalue weighted by atomic mass is 16.3. The minimum absolute atomic E-state index is 0.00243. The maximum atomic E-state index is 9.43. The van der Waals surface area contributed by atoms with Crippen molar-refractivity contribution in [1.29, 1.82) is 0 Å². The molecule has 0 aromatic heterocycles. The first-order chi connectivity index (χ1) is 7.79. The van der Waals surface area contributed by atoms with Gasteiger partial charge in [0.05, 0.1) is 6.61 Å². The fourth-order valence-electron chi connectivity index (χ4n) is 1.75. The van der Waals surface area contributed by atoms with Gasteiger partial charge in [0, 0.05) is 0 Å².